The molecule has 2 aliphatic heterocycles. The molecule has 34 heavy (non-hydrogen) atoms. The van der Waals surface area contributed by atoms with Crippen LogP contribution in [0.15, 0.2) is 83.5 Å². The lowest BCUT2D eigenvalue weighted by Gasteiger charge is -2.38. The highest BCUT2D eigenvalue weighted by molar-refractivity contribution is 7.98. The van der Waals surface area contributed by atoms with Crippen LogP contribution in [0.25, 0.3) is 5.70 Å². The average molecular weight is 473 g/mol. The molecule has 4 aromatic rings. The highest BCUT2D eigenvalue weighted by atomic mass is 32.2. The normalized spacial score (nSPS) is 18.3. The molecule has 0 aliphatic carbocycles. The van der Waals surface area contributed by atoms with E-state index in [1.807, 2.05) is 59.5 Å². The maximum atomic E-state index is 13.8. The summed E-state index contributed by atoms with van der Waals surface area (Å²) in [5, 5.41) is 8.98. The van der Waals surface area contributed by atoms with Crippen molar-refractivity contribution in [3.05, 3.63) is 101 Å². The van der Waals surface area contributed by atoms with Crippen LogP contribution in [0.3, 0.4) is 0 Å². The summed E-state index contributed by atoms with van der Waals surface area (Å²) in [6, 6.07) is 22.1. The Bertz CT molecular complexity index is 1400. The van der Waals surface area contributed by atoms with Crippen LogP contribution in [0.5, 0.6) is 11.5 Å². The summed E-state index contributed by atoms with van der Waals surface area (Å²) in [5.74, 6) is 1.91. The third-order valence-corrected chi connectivity index (χ3v) is 6.69. The van der Waals surface area contributed by atoms with Crippen molar-refractivity contribution in [1.29, 1.82) is 0 Å². The fourth-order valence-electron chi connectivity index (χ4n) is 4.56. The molecule has 0 amide bonds. The van der Waals surface area contributed by atoms with E-state index >= 15 is 0 Å². The molecule has 0 bridgehead atoms. The zero-order chi connectivity index (χ0) is 23.2. The van der Waals surface area contributed by atoms with Crippen molar-refractivity contribution in [3.8, 4) is 11.5 Å². The van der Waals surface area contributed by atoms with E-state index in [0.29, 0.717) is 11.1 Å². The second-order valence-corrected chi connectivity index (χ2v) is 8.82. The number of fused-ring (bicyclic) bond motifs is 3. The maximum Gasteiger partial charge on any atom is 0.227 e. The highest BCUT2D eigenvalue weighted by Crippen LogP contribution is 2.50. The first-order valence-corrected chi connectivity index (χ1v) is 12.1. The van der Waals surface area contributed by atoms with Crippen molar-refractivity contribution >= 4 is 23.4 Å². The van der Waals surface area contributed by atoms with E-state index in [2.05, 4.69) is 5.32 Å². The lowest BCUT2D eigenvalue weighted by atomic mass is 9.84. The van der Waals surface area contributed by atoms with Crippen molar-refractivity contribution in [2.45, 2.75) is 17.3 Å². The van der Waals surface area contributed by atoms with Crippen molar-refractivity contribution < 1.29 is 13.9 Å². The van der Waals surface area contributed by atoms with Gasteiger partial charge in [0, 0.05) is 11.1 Å². The number of hydrogen-bond acceptors (Lipinski definition) is 6. The first-order valence-electron chi connectivity index (χ1n) is 10.8. The first kappa shape index (κ1) is 20.8. The summed E-state index contributed by atoms with van der Waals surface area (Å²) in [6.45, 7) is 0. The quantitative estimate of drug-likeness (QED) is 0.384. The van der Waals surface area contributed by atoms with Gasteiger partial charge >= 0.3 is 0 Å². The topological polar surface area (TPSA) is 61.2 Å². The number of nitrogens with one attached hydrogen (secondary N) is 1. The predicted octanol–water partition coefficient (Wildman–Crippen LogP) is 5.71. The number of para-hydroxylation sites is 1. The molecule has 2 unspecified atom stereocenters. The molecule has 3 heterocycles. The van der Waals surface area contributed by atoms with Crippen molar-refractivity contribution in [3.63, 3.8) is 0 Å². The monoisotopic (exact) mass is 472 g/mol. The number of rotatable bonds is 4. The molecule has 6 nitrogen and oxygen atoms in total. The van der Waals surface area contributed by atoms with Gasteiger partial charge in [-0.25, -0.2) is 9.07 Å². The smallest absolute Gasteiger partial charge is 0.227 e. The van der Waals surface area contributed by atoms with Gasteiger partial charge < -0.3 is 14.8 Å². The second kappa shape index (κ2) is 8.22. The van der Waals surface area contributed by atoms with Gasteiger partial charge in [0.2, 0.25) is 11.1 Å². The zero-order valence-electron chi connectivity index (χ0n) is 18.5. The van der Waals surface area contributed by atoms with Gasteiger partial charge in [-0.15, -0.1) is 5.10 Å². The minimum absolute atomic E-state index is 0.283. The van der Waals surface area contributed by atoms with Gasteiger partial charge in [-0.2, -0.15) is 4.98 Å². The largest absolute Gasteiger partial charge is 0.497 e. The number of hydrogen-bond donors (Lipinski definition) is 1. The standard InChI is InChI=1S/C26H21FN4O2S/c1-32-18-13-9-15(10-14-18)23-21-22(28-25-29-26(34-2)30-31(23)25)19-5-3-4-6-20(19)33-24(21)16-7-11-17(27)12-8-16/h3-14,23-24H,1-2H3,(H,28,29,30). The first-order chi connectivity index (χ1) is 16.7. The summed E-state index contributed by atoms with van der Waals surface area (Å²) >= 11 is 1.49. The minimum atomic E-state index is -0.444. The Labute approximate surface area is 200 Å². The molecule has 1 aromatic heterocycles. The number of nitrogens with zero attached hydrogens (tertiary/aromatic N) is 3. The van der Waals surface area contributed by atoms with Crippen LogP contribution in [-0.4, -0.2) is 28.1 Å². The Kier molecular flexibility index (Phi) is 5.03. The van der Waals surface area contributed by atoms with Gasteiger partial charge in [0.1, 0.15) is 29.5 Å². The Morgan fingerprint density at radius 2 is 1.74 bits per heavy atom. The van der Waals surface area contributed by atoms with E-state index in [-0.39, 0.29) is 11.9 Å². The van der Waals surface area contributed by atoms with Crippen molar-refractivity contribution in [1.82, 2.24) is 14.8 Å². The van der Waals surface area contributed by atoms with Crippen LogP contribution in [-0.2, 0) is 0 Å². The zero-order valence-corrected chi connectivity index (χ0v) is 19.3. The molecule has 8 heteroatoms. The van der Waals surface area contributed by atoms with Crippen molar-refractivity contribution in [2.75, 3.05) is 18.7 Å². The van der Waals surface area contributed by atoms with Gasteiger partial charge in [-0.1, -0.05) is 48.2 Å². The lowest BCUT2D eigenvalue weighted by molar-refractivity contribution is 0.222. The average Bonchev–Trinajstić information content (AvgIpc) is 3.30. The Balaban J connectivity index is 1.61. The Hall–Kier alpha value is -3.78. The van der Waals surface area contributed by atoms with Gasteiger partial charge in [0.05, 0.1) is 12.8 Å². The van der Waals surface area contributed by atoms with Crippen LogP contribution in [0.2, 0.25) is 0 Å². The van der Waals surface area contributed by atoms with Gasteiger partial charge in [-0.3, -0.25) is 0 Å². The molecular formula is C26H21FN4O2S. The second-order valence-electron chi connectivity index (χ2n) is 8.04. The summed E-state index contributed by atoms with van der Waals surface area (Å²) < 4.78 is 27.6. The molecule has 0 saturated heterocycles. The molecule has 0 spiro atoms. The number of ether oxygens (including phenoxy) is 2. The van der Waals surface area contributed by atoms with E-state index in [0.717, 1.165) is 39.5 Å². The summed E-state index contributed by atoms with van der Waals surface area (Å²) in [6.07, 6.45) is 1.51. The van der Waals surface area contributed by atoms with Gasteiger partial charge in [0.25, 0.3) is 0 Å². The number of methoxy groups -OCH3 is 1. The van der Waals surface area contributed by atoms with Gasteiger partial charge in [-0.05, 0) is 53.8 Å². The van der Waals surface area contributed by atoms with E-state index in [1.54, 1.807) is 19.2 Å². The fraction of sp³-hybridized carbons (Fsp3) is 0.154. The fourth-order valence-corrected chi connectivity index (χ4v) is 4.91. The van der Waals surface area contributed by atoms with Crippen LogP contribution in [0.1, 0.15) is 28.8 Å². The Morgan fingerprint density at radius 1 is 1.00 bits per heavy atom. The SMILES string of the molecule is COc1ccc(C2C3=C(Nc4nc(SC)nn42)c2ccccc2OC3c2ccc(F)cc2)cc1. The highest BCUT2D eigenvalue weighted by Gasteiger charge is 2.41. The third kappa shape index (κ3) is 3.33. The number of thioether (sulfide) groups is 1. The maximum absolute atomic E-state index is 13.8. The minimum Gasteiger partial charge on any atom is -0.497 e. The molecular weight excluding hydrogens is 451 g/mol. The van der Waals surface area contributed by atoms with Crippen molar-refractivity contribution in [2.24, 2.45) is 0 Å². The van der Waals surface area contributed by atoms with Crippen LogP contribution in [0, 0.1) is 5.82 Å². The molecule has 1 N–H and O–H groups in total. The summed E-state index contributed by atoms with van der Waals surface area (Å²) in [7, 11) is 1.65. The van der Waals surface area contributed by atoms with E-state index in [1.165, 1.54) is 23.9 Å². The molecule has 3 aromatic carbocycles. The third-order valence-electron chi connectivity index (χ3n) is 6.15. The molecule has 0 saturated carbocycles. The molecule has 2 atom stereocenters. The van der Waals surface area contributed by atoms with Crippen LogP contribution in [0.4, 0.5) is 10.3 Å². The lowest BCUT2D eigenvalue weighted by Crippen LogP contribution is -2.32. The van der Waals surface area contributed by atoms with Crippen LogP contribution < -0.4 is 14.8 Å². The number of halogens is 1. The number of aromatic nitrogens is 3. The predicted molar refractivity (Wildman–Crippen MR) is 130 cm³/mol. The molecule has 2 aliphatic rings. The van der Waals surface area contributed by atoms with Gasteiger partial charge in [0.15, 0.2) is 0 Å². The van der Waals surface area contributed by atoms with Crippen LogP contribution >= 0.6 is 11.8 Å². The summed E-state index contributed by atoms with van der Waals surface area (Å²) in [5.41, 5.74) is 4.75. The van der Waals surface area contributed by atoms with E-state index < -0.39 is 6.10 Å². The van der Waals surface area contributed by atoms with E-state index in [4.69, 9.17) is 19.6 Å². The number of benzene rings is 3. The molecule has 0 fully saturated rings. The molecule has 0 radical (unpaired) electrons. The van der Waals surface area contributed by atoms with E-state index in [9.17, 15) is 4.39 Å². The number of anilines is 1. The molecule has 170 valence electrons. The summed E-state index contributed by atoms with van der Waals surface area (Å²) in [4.78, 5) is 4.71. The molecule has 6 rings (SSSR count). The Morgan fingerprint density at radius 3 is 2.47 bits per heavy atom.